The van der Waals surface area contributed by atoms with Crippen LogP contribution in [0.25, 0.3) is 0 Å². The molecule has 1 heterocycles. The number of hydrogen-bond donors (Lipinski definition) is 1. The smallest absolute Gasteiger partial charge is 0.0748 e. The molecule has 14 heavy (non-hydrogen) atoms. The van der Waals surface area contributed by atoms with E-state index in [0.717, 1.165) is 17.5 Å². The van der Waals surface area contributed by atoms with Crippen LogP contribution in [0.15, 0.2) is 18.5 Å². The van der Waals surface area contributed by atoms with Gasteiger partial charge in [0.25, 0.3) is 0 Å². The van der Waals surface area contributed by atoms with Crippen LogP contribution in [0.4, 0.5) is 0 Å². The number of aryl methyl sites for hydroxylation is 1. The summed E-state index contributed by atoms with van der Waals surface area (Å²) in [5.41, 5.74) is 7.61. The van der Waals surface area contributed by atoms with Gasteiger partial charge in [-0.2, -0.15) is 0 Å². The molecule has 1 aromatic heterocycles. The van der Waals surface area contributed by atoms with Crippen molar-refractivity contribution in [2.45, 2.75) is 32.7 Å². The van der Waals surface area contributed by atoms with Crippen LogP contribution in [0.2, 0.25) is 0 Å². The second kappa shape index (κ2) is 4.26. The molecule has 1 aromatic rings. The van der Waals surface area contributed by atoms with Crippen LogP contribution in [0, 0.1) is 18.8 Å². The molecule has 0 saturated carbocycles. The summed E-state index contributed by atoms with van der Waals surface area (Å²) in [7, 11) is 0. The molecule has 0 aliphatic heterocycles. The third kappa shape index (κ3) is 2.86. The number of hydrogen-bond acceptors (Lipinski definition) is 2. The molecule has 0 bridgehead atoms. The number of pyridine rings is 1. The van der Waals surface area contributed by atoms with Gasteiger partial charge in [-0.3, -0.25) is 4.98 Å². The lowest BCUT2D eigenvalue weighted by Crippen LogP contribution is -2.33. The summed E-state index contributed by atoms with van der Waals surface area (Å²) >= 11 is 0. The zero-order chi connectivity index (χ0) is 10.6. The van der Waals surface area contributed by atoms with Gasteiger partial charge in [0.05, 0.1) is 5.54 Å². The van der Waals surface area contributed by atoms with Crippen LogP contribution < -0.4 is 5.73 Å². The van der Waals surface area contributed by atoms with Gasteiger partial charge in [-0.25, -0.2) is 0 Å². The molecule has 0 fully saturated rings. The van der Waals surface area contributed by atoms with Gasteiger partial charge in [-0.1, -0.05) is 18.8 Å². The molecule has 0 amide bonds. The normalized spacial score (nSPS) is 14.0. The van der Waals surface area contributed by atoms with Gasteiger partial charge in [0.2, 0.25) is 0 Å². The third-order valence-corrected chi connectivity index (χ3v) is 2.26. The van der Waals surface area contributed by atoms with Crippen molar-refractivity contribution in [3.05, 3.63) is 29.6 Å². The Hall–Kier alpha value is -1.33. The van der Waals surface area contributed by atoms with Gasteiger partial charge in [0, 0.05) is 18.0 Å². The average Bonchev–Trinajstić information content (AvgIpc) is 2.17. The van der Waals surface area contributed by atoms with Crippen molar-refractivity contribution < 1.29 is 0 Å². The fraction of sp³-hybridized carbons (Fsp3) is 0.417. The molecule has 2 N–H and O–H groups in total. The van der Waals surface area contributed by atoms with Crippen molar-refractivity contribution in [1.29, 1.82) is 0 Å². The molecule has 1 unspecified atom stereocenters. The standard InChI is InChI=1S/C12H16N2/c1-4-12(3,13)7-5-11-9-14-8-6-10(11)2/h6,8-9H,4,13H2,1-3H3. The van der Waals surface area contributed by atoms with E-state index in [-0.39, 0.29) is 0 Å². The Morgan fingerprint density at radius 2 is 2.29 bits per heavy atom. The van der Waals surface area contributed by atoms with Gasteiger partial charge in [-0.05, 0) is 31.9 Å². The molecule has 1 rings (SSSR count). The number of nitrogens with two attached hydrogens (primary N) is 1. The van der Waals surface area contributed by atoms with E-state index in [1.807, 2.05) is 26.8 Å². The van der Waals surface area contributed by atoms with Crippen molar-refractivity contribution >= 4 is 0 Å². The second-order valence-corrected chi connectivity index (χ2v) is 3.71. The van der Waals surface area contributed by atoms with Gasteiger partial charge < -0.3 is 5.73 Å². The number of rotatable bonds is 1. The monoisotopic (exact) mass is 188 g/mol. The summed E-state index contributed by atoms with van der Waals surface area (Å²) in [5, 5.41) is 0. The fourth-order valence-corrected chi connectivity index (χ4v) is 0.893. The van der Waals surface area contributed by atoms with Gasteiger partial charge in [0.15, 0.2) is 0 Å². The van der Waals surface area contributed by atoms with Crippen LogP contribution in [0.1, 0.15) is 31.4 Å². The SMILES string of the molecule is CCC(C)(N)C#Cc1cnccc1C. The summed E-state index contributed by atoms with van der Waals surface area (Å²) in [5.74, 6) is 6.12. The van der Waals surface area contributed by atoms with E-state index in [0.29, 0.717) is 0 Å². The Bertz CT molecular complexity index is 369. The lowest BCUT2D eigenvalue weighted by molar-refractivity contribution is 0.586. The first-order valence-electron chi connectivity index (χ1n) is 4.78. The maximum atomic E-state index is 5.92. The van der Waals surface area contributed by atoms with E-state index in [1.54, 1.807) is 12.4 Å². The highest BCUT2D eigenvalue weighted by Gasteiger charge is 2.10. The molecule has 1 atom stereocenters. The highest BCUT2D eigenvalue weighted by atomic mass is 14.7. The van der Waals surface area contributed by atoms with Gasteiger partial charge in [0.1, 0.15) is 0 Å². The molecule has 0 spiro atoms. The van der Waals surface area contributed by atoms with E-state index in [9.17, 15) is 0 Å². The molecule has 2 heteroatoms. The third-order valence-electron chi connectivity index (χ3n) is 2.26. The molecule has 0 aromatic carbocycles. The Labute approximate surface area is 85.5 Å². The predicted molar refractivity (Wildman–Crippen MR) is 58.7 cm³/mol. The van der Waals surface area contributed by atoms with E-state index >= 15 is 0 Å². The van der Waals surface area contributed by atoms with E-state index in [2.05, 4.69) is 16.8 Å². The molecule has 2 nitrogen and oxygen atoms in total. The minimum Gasteiger partial charge on any atom is -0.315 e. The Kier molecular flexibility index (Phi) is 3.27. The Morgan fingerprint density at radius 3 is 2.86 bits per heavy atom. The van der Waals surface area contributed by atoms with Crippen molar-refractivity contribution in [3.8, 4) is 11.8 Å². The van der Waals surface area contributed by atoms with Gasteiger partial charge in [-0.15, -0.1) is 0 Å². The molecular formula is C12H16N2. The van der Waals surface area contributed by atoms with Crippen LogP contribution in [-0.4, -0.2) is 10.5 Å². The Morgan fingerprint density at radius 1 is 1.57 bits per heavy atom. The van der Waals surface area contributed by atoms with E-state index in [1.165, 1.54) is 0 Å². The lowest BCUT2D eigenvalue weighted by atomic mass is 10.0. The molecule has 0 radical (unpaired) electrons. The van der Waals surface area contributed by atoms with E-state index < -0.39 is 5.54 Å². The minimum atomic E-state index is -0.401. The van der Waals surface area contributed by atoms with Crippen LogP contribution >= 0.6 is 0 Å². The first kappa shape index (κ1) is 10.7. The van der Waals surface area contributed by atoms with Gasteiger partial charge >= 0.3 is 0 Å². The zero-order valence-corrected chi connectivity index (χ0v) is 8.96. The molecule has 0 aliphatic carbocycles. The number of aromatic nitrogens is 1. The first-order valence-corrected chi connectivity index (χ1v) is 4.78. The van der Waals surface area contributed by atoms with E-state index in [4.69, 9.17) is 5.73 Å². The van der Waals surface area contributed by atoms with Crippen LogP contribution in [0.5, 0.6) is 0 Å². The minimum absolute atomic E-state index is 0.401. The molecule has 74 valence electrons. The van der Waals surface area contributed by atoms with Crippen LogP contribution in [-0.2, 0) is 0 Å². The summed E-state index contributed by atoms with van der Waals surface area (Å²) in [6, 6.07) is 1.95. The average molecular weight is 188 g/mol. The first-order chi connectivity index (χ1) is 6.55. The predicted octanol–water partition coefficient (Wildman–Crippen LogP) is 1.87. The molecular weight excluding hydrogens is 172 g/mol. The summed E-state index contributed by atoms with van der Waals surface area (Å²) in [4.78, 5) is 4.03. The van der Waals surface area contributed by atoms with Crippen molar-refractivity contribution in [1.82, 2.24) is 4.98 Å². The van der Waals surface area contributed by atoms with Crippen molar-refractivity contribution in [3.63, 3.8) is 0 Å². The summed E-state index contributed by atoms with van der Waals surface area (Å²) in [6.45, 7) is 5.99. The summed E-state index contributed by atoms with van der Waals surface area (Å²) < 4.78 is 0. The van der Waals surface area contributed by atoms with Crippen molar-refractivity contribution in [2.24, 2.45) is 5.73 Å². The topological polar surface area (TPSA) is 38.9 Å². The maximum absolute atomic E-state index is 5.92. The zero-order valence-electron chi connectivity index (χ0n) is 8.96. The van der Waals surface area contributed by atoms with Crippen LogP contribution in [0.3, 0.4) is 0 Å². The quantitative estimate of drug-likeness (QED) is 0.683. The largest absolute Gasteiger partial charge is 0.315 e. The number of nitrogens with zero attached hydrogens (tertiary/aromatic N) is 1. The molecule has 0 saturated heterocycles. The highest BCUT2D eigenvalue weighted by Crippen LogP contribution is 2.05. The van der Waals surface area contributed by atoms with Crippen molar-refractivity contribution in [2.75, 3.05) is 0 Å². The second-order valence-electron chi connectivity index (χ2n) is 3.71. The molecule has 0 aliphatic rings. The maximum Gasteiger partial charge on any atom is 0.0748 e. The highest BCUT2D eigenvalue weighted by molar-refractivity contribution is 5.39. The summed E-state index contributed by atoms with van der Waals surface area (Å²) in [6.07, 6.45) is 4.38. The Balaban J connectivity index is 2.94. The fourth-order valence-electron chi connectivity index (χ4n) is 0.893. The lowest BCUT2D eigenvalue weighted by Gasteiger charge is -2.13.